The molecule has 0 spiro atoms. The zero-order valence-electron chi connectivity index (χ0n) is 12.9. The fraction of sp³-hybridized carbons (Fsp3) is 0.263. The molecule has 0 aliphatic heterocycles. The standard InChI is InChI=1S/C19H19FN2O/c20-10-4-1-5-12-22-14-17(16-8-2-3-9-18(16)22)19(23)15-7-6-11-21-13-15/h2-3,6-9,11,13-14H,1,4-5,10,12H2. The van der Waals surface area contributed by atoms with Crippen LogP contribution in [-0.4, -0.2) is 22.0 Å². The SMILES string of the molecule is O=C(c1cccnc1)c1cn(CCCCCF)c2ccccc12. The Morgan fingerprint density at radius 3 is 2.74 bits per heavy atom. The molecule has 0 radical (unpaired) electrons. The molecule has 23 heavy (non-hydrogen) atoms. The first-order valence-electron chi connectivity index (χ1n) is 7.90. The Morgan fingerprint density at radius 2 is 1.96 bits per heavy atom. The number of hydrogen-bond donors (Lipinski definition) is 0. The van der Waals surface area contributed by atoms with Crippen LogP contribution < -0.4 is 0 Å². The molecule has 1 aromatic carbocycles. The van der Waals surface area contributed by atoms with E-state index in [1.54, 1.807) is 24.5 Å². The Bertz CT molecular complexity index is 795. The van der Waals surface area contributed by atoms with Gasteiger partial charge in [0.2, 0.25) is 0 Å². The molecule has 0 fully saturated rings. The van der Waals surface area contributed by atoms with E-state index in [9.17, 15) is 9.18 Å². The minimum atomic E-state index is -0.267. The topological polar surface area (TPSA) is 34.9 Å². The molecule has 3 nitrogen and oxygen atoms in total. The van der Waals surface area contributed by atoms with Crippen molar-refractivity contribution in [3.8, 4) is 0 Å². The minimum Gasteiger partial charge on any atom is -0.347 e. The Labute approximate surface area is 134 Å². The second-order valence-corrected chi connectivity index (χ2v) is 5.57. The van der Waals surface area contributed by atoms with Crippen LogP contribution in [0.1, 0.15) is 35.2 Å². The Morgan fingerprint density at radius 1 is 1.09 bits per heavy atom. The summed E-state index contributed by atoms with van der Waals surface area (Å²) in [5, 5.41) is 0.951. The normalized spacial score (nSPS) is 11.0. The van der Waals surface area contributed by atoms with E-state index in [-0.39, 0.29) is 12.5 Å². The first-order chi connectivity index (χ1) is 11.3. The second kappa shape index (κ2) is 7.18. The average molecular weight is 310 g/mol. The van der Waals surface area contributed by atoms with Gasteiger partial charge in [0.15, 0.2) is 5.78 Å². The molecule has 0 saturated heterocycles. The number of hydrogen-bond acceptors (Lipinski definition) is 2. The van der Waals surface area contributed by atoms with Crippen molar-refractivity contribution in [2.75, 3.05) is 6.67 Å². The third-order valence-electron chi connectivity index (χ3n) is 3.99. The predicted octanol–water partition coefficient (Wildman–Crippen LogP) is 4.41. The van der Waals surface area contributed by atoms with E-state index in [0.717, 1.165) is 30.3 Å². The number of benzene rings is 1. The lowest BCUT2D eigenvalue weighted by molar-refractivity contribution is 0.103. The molecule has 3 rings (SSSR count). The van der Waals surface area contributed by atoms with E-state index in [0.29, 0.717) is 17.5 Å². The van der Waals surface area contributed by atoms with Gasteiger partial charge in [0.25, 0.3) is 0 Å². The van der Waals surface area contributed by atoms with Gasteiger partial charge in [-0.25, -0.2) is 0 Å². The van der Waals surface area contributed by atoms with Crippen molar-refractivity contribution in [2.24, 2.45) is 0 Å². The molecule has 0 bridgehead atoms. The van der Waals surface area contributed by atoms with E-state index in [1.165, 1.54) is 0 Å². The summed E-state index contributed by atoms with van der Waals surface area (Å²) in [5.74, 6) is -0.0168. The van der Waals surface area contributed by atoms with Gasteiger partial charge >= 0.3 is 0 Å². The highest BCUT2D eigenvalue weighted by Crippen LogP contribution is 2.24. The van der Waals surface area contributed by atoms with Gasteiger partial charge in [-0.05, 0) is 37.5 Å². The van der Waals surface area contributed by atoms with Crippen molar-refractivity contribution >= 4 is 16.7 Å². The van der Waals surface area contributed by atoms with Crippen molar-refractivity contribution < 1.29 is 9.18 Å². The molecule has 118 valence electrons. The zero-order chi connectivity index (χ0) is 16.1. The van der Waals surface area contributed by atoms with Gasteiger partial charge in [0.05, 0.1) is 6.67 Å². The largest absolute Gasteiger partial charge is 0.347 e. The van der Waals surface area contributed by atoms with E-state index in [2.05, 4.69) is 9.55 Å². The Balaban J connectivity index is 1.93. The van der Waals surface area contributed by atoms with E-state index >= 15 is 0 Å². The first-order valence-corrected chi connectivity index (χ1v) is 7.90. The van der Waals surface area contributed by atoms with Gasteiger partial charge < -0.3 is 4.57 Å². The number of aryl methyl sites for hydroxylation is 1. The molecular formula is C19H19FN2O. The number of rotatable bonds is 7. The van der Waals surface area contributed by atoms with Crippen LogP contribution >= 0.6 is 0 Å². The number of fused-ring (bicyclic) bond motifs is 1. The molecule has 0 saturated carbocycles. The molecule has 0 atom stereocenters. The lowest BCUT2D eigenvalue weighted by Crippen LogP contribution is -2.01. The van der Waals surface area contributed by atoms with Gasteiger partial charge in [-0.2, -0.15) is 0 Å². The maximum atomic E-state index is 12.7. The van der Waals surface area contributed by atoms with Crippen LogP contribution in [0.4, 0.5) is 4.39 Å². The van der Waals surface area contributed by atoms with Crippen LogP contribution in [-0.2, 0) is 6.54 Å². The summed E-state index contributed by atoms with van der Waals surface area (Å²) in [6.07, 6.45) is 7.52. The quantitative estimate of drug-likeness (QED) is 0.478. The smallest absolute Gasteiger partial charge is 0.196 e. The fourth-order valence-electron chi connectivity index (χ4n) is 2.82. The summed E-state index contributed by atoms with van der Waals surface area (Å²) in [4.78, 5) is 16.8. The molecule has 0 N–H and O–H groups in total. The molecule has 2 aromatic heterocycles. The number of halogens is 1. The Hall–Kier alpha value is -2.49. The van der Waals surface area contributed by atoms with Gasteiger partial charge in [0.1, 0.15) is 0 Å². The second-order valence-electron chi connectivity index (χ2n) is 5.57. The maximum Gasteiger partial charge on any atom is 0.196 e. The number of aromatic nitrogens is 2. The van der Waals surface area contributed by atoms with E-state index in [4.69, 9.17) is 0 Å². The van der Waals surface area contributed by atoms with Crippen LogP contribution in [0.25, 0.3) is 10.9 Å². The van der Waals surface area contributed by atoms with Crippen molar-refractivity contribution in [1.29, 1.82) is 0 Å². The van der Waals surface area contributed by atoms with Crippen LogP contribution in [0.15, 0.2) is 55.0 Å². The number of unbranched alkanes of at least 4 members (excludes halogenated alkanes) is 2. The van der Waals surface area contributed by atoms with Gasteiger partial charge in [0, 0.05) is 47.2 Å². The maximum absolute atomic E-state index is 12.7. The number of para-hydroxylation sites is 1. The molecule has 0 aliphatic carbocycles. The van der Waals surface area contributed by atoms with Crippen LogP contribution in [0.2, 0.25) is 0 Å². The summed E-state index contributed by atoms with van der Waals surface area (Å²) in [6.45, 7) is 0.526. The number of alkyl halides is 1. The number of nitrogens with zero attached hydrogens (tertiary/aromatic N) is 2. The lowest BCUT2D eigenvalue weighted by Gasteiger charge is -2.04. The summed E-state index contributed by atoms with van der Waals surface area (Å²) < 4.78 is 14.3. The van der Waals surface area contributed by atoms with E-state index in [1.807, 2.05) is 30.5 Å². The highest BCUT2D eigenvalue weighted by Gasteiger charge is 2.16. The van der Waals surface area contributed by atoms with Crippen molar-refractivity contribution in [3.63, 3.8) is 0 Å². The van der Waals surface area contributed by atoms with Crippen molar-refractivity contribution in [1.82, 2.24) is 9.55 Å². The molecule has 0 unspecified atom stereocenters. The molecule has 3 aromatic rings. The zero-order valence-corrected chi connectivity index (χ0v) is 12.9. The van der Waals surface area contributed by atoms with Gasteiger partial charge in [-0.1, -0.05) is 18.2 Å². The third kappa shape index (κ3) is 3.31. The third-order valence-corrected chi connectivity index (χ3v) is 3.99. The van der Waals surface area contributed by atoms with Crippen molar-refractivity contribution in [2.45, 2.75) is 25.8 Å². The van der Waals surface area contributed by atoms with Gasteiger partial charge in [-0.15, -0.1) is 0 Å². The molecule has 0 aliphatic rings. The minimum absolute atomic E-state index is 0.0168. The molecule has 2 heterocycles. The number of carbonyl (C=O) groups is 1. The van der Waals surface area contributed by atoms with E-state index < -0.39 is 0 Å². The summed E-state index contributed by atoms with van der Waals surface area (Å²) in [5.41, 5.74) is 2.33. The number of ketones is 1. The Kier molecular flexibility index (Phi) is 4.81. The first kappa shape index (κ1) is 15.4. The highest BCUT2D eigenvalue weighted by molar-refractivity contribution is 6.16. The fourth-order valence-corrected chi connectivity index (χ4v) is 2.82. The average Bonchev–Trinajstić information content (AvgIpc) is 2.98. The summed E-state index contributed by atoms with van der Waals surface area (Å²) in [7, 11) is 0. The monoisotopic (exact) mass is 310 g/mol. The molecule has 4 heteroatoms. The van der Waals surface area contributed by atoms with Crippen LogP contribution in [0.3, 0.4) is 0 Å². The van der Waals surface area contributed by atoms with Crippen molar-refractivity contribution in [3.05, 3.63) is 66.1 Å². The lowest BCUT2D eigenvalue weighted by atomic mass is 10.0. The van der Waals surface area contributed by atoms with Gasteiger partial charge in [-0.3, -0.25) is 14.2 Å². The summed E-state index contributed by atoms with van der Waals surface area (Å²) >= 11 is 0. The summed E-state index contributed by atoms with van der Waals surface area (Å²) in [6, 6.07) is 11.4. The highest BCUT2D eigenvalue weighted by atomic mass is 19.1. The van der Waals surface area contributed by atoms with Crippen LogP contribution in [0, 0.1) is 0 Å². The number of pyridine rings is 1. The predicted molar refractivity (Wildman–Crippen MR) is 89.4 cm³/mol. The molecule has 0 amide bonds. The molecular weight excluding hydrogens is 291 g/mol. The number of carbonyl (C=O) groups excluding carboxylic acids is 1. The van der Waals surface area contributed by atoms with Crippen LogP contribution in [0.5, 0.6) is 0 Å².